The minimum atomic E-state index is -0.174. The van der Waals surface area contributed by atoms with E-state index in [0.29, 0.717) is 0 Å². The van der Waals surface area contributed by atoms with Crippen molar-refractivity contribution < 1.29 is 9.47 Å². The van der Waals surface area contributed by atoms with Crippen LogP contribution in [0, 0.1) is 0 Å². The lowest BCUT2D eigenvalue weighted by Gasteiger charge is -2.28. The zero-order valence-corrected chi connectivity index (χ0v) is 11.1. The van der Waals surface area contributed by atoms with Crippen molar-refractivity contribution in [3.8, 4) is 0 Å². The maximum absolute atomic E-state index is 5.27. The van der Waals surface area contributed by atoms with E-state index in [9.17, 15) is 0 Å². The predicted octanol–water partition coefficient (Wildman–Crippen LogP) is 2.91. The number of para-hydroxylation sites is 1. The summed E-state index contributed by atoms with van der Waals surface area (Å²) in [5, 5.41) is 0. The molecular formula is C14H23NO2. The molecule has 0 saturated heterocycles. The number of nitrogens with zero attached hydrogens (tertiary/aromatic N) is 1. The minimum Gasteiger partial charge on any atom is -0.366 e. The van der Waals surface area contributed by atoms with Crippen molar-refractivity contribution in [2.75, 3.05) is 32.2 Å². The number of unbranched alkanes of at least 4 members (excludes halogenated alkanes) is 1. The summed E-state index contributed by atoms with van der Waals surface area (Å²) in [5.74, 6) is 0. The molecule has 1 aromatic carbocycles. The number of hydrogen-bond donors (Lipinski definition) is 0. The van der Waals surface area contributed by atoms with Crippen molar-refractivity contribution in [3.63, 3.8) is 0 Å². The van der Waals surface area contributed by atoms with Gasteiger partial charge in [0.15, 0.2) is 6.29 Å². The van der Waals surface area contributed by atoms with E-state index >= 15 is 0 Å². The Morgan fingerprint density at radius 2 is 1.76 bits per heavy atom. The second-order valence-electron chi connectivity index (χ2n) is 4.04. The number of ether oxygens (including phenoxy) is 2. The highest BCUT2D eigenvalue weighted by atomic mass is 16.7. The van der Waals surface area contributed by atoms with Crippen LogP contribution in [0.2, 0.25) is 0 Å². The fourth-order valence-electron chi connectivity index (χ4n) is 1.74. The molecule has 0 spiro atoms. The SMILES string of the molecule is CCCCN(CC(OC)OC)c1ccccc1. The fourth-order valence-corrected chi connectivity index (χ4v) is 1.74. The average molecular weight is 237 g/mol. The Labute approximate surface area is 104 Å². The largest absolute Gasteiger partial charge is 0.366 e. The summed E-state index contributed by atoms with van der Waals surface area (Å²) < 4.78 is 10.5. The minimum absolute atomic E-state index is 0.174. The van der Waals surface area contributed by atoms with Crippen LogP contribution in [0.5, 0.6) is 0 Å². The van der Waals surface area contributed by atoms with Crippen molar-refractivity contribution in [2.45, 2.75) is 26.1 Å². The molecule has 1 rings (SSSR count). The summed E-state index contributed by atoms with van der Waals surface area (Å²) in [7, 11) is 3.36. The highest BCUT2D eigenvalue weighted by Crippen LogP contribution is 2.15. The van der Waals surface area contributed by atoms with Crippen molar-refractivity contribution in [1.82, 2.24) is 0 Å². The van der Waals surface area contributed by atoms with Gasteiger partial charge in [0.2, 0.25) is 0 Å². The van der Waals surface area contributed by atoms with E-state index in [1.807, 2.05) is 6.07 Å². The second-order valence-corrected chi connectivity index (χ2v) is 4.04. The molecule has 0 aliphatic rings. The Morgan fingerprint density at radius 1 is 1.12 bits per heavy atom. The molecule has 0 heterocycles. The molecule has 0 bridgehead atoms. The molecular weight excluding hydrogens is 214 g/mol. The lowest BCUT2D eigenvalue weighted by atomic mass is 10.2. The maximum Gasteiger partial charge on any atom is 0.174 e. The van der Waals surface area contributed by atoms with Crippen LogP contribution >= 0.6 is 0 Å². The number of benzene rings is 1. The molecule has 0 saturated carbocycles. The van der Waals surface area contributed by atoms with Gasteiger partial charge in [-0.3, -0.25) is 0 Å². The number of rotatable bonds is 8. The summed E-state index contributed by atoms with van der Waals surface area (Å²) in [6, 6.07) is 10.4. The molecule has 0 unspecified atom stereocenters. The Hall–Kier alpha value is -1.06. The lowest BCUT2D eigenvalue weighted by molar-refractivity contribution is -0.0949. The van der Waals surface area contributed by atoms with Crippen molar-refractivity contribution in [2.24, 2.45) is 0 Å². The molecule has 0 N–H and O–H groups in total. The zero-order chi connectivity index (χ0) is 12.5. The van der Waals surface area contributed by atoms with Gasteiger partial charge in [-0.05, 0) is 18.6 Å². The van der Waals surface area contributed by atoms with Crippen LogP contribution in [-0.4, -0.2) is 33.6 Å². The Bertz CT molecular complexity index is 286. The first-order valence-electron chi connectivity index (χ1n) is 6.17. The monoisotopic (exact) mass is 237 g/mol. The van der Waals surface area contributed by atoms with Crippen LogP contribution in [0.1, 0.15) is 19.8 Å². The van der Waals surface area contributed by atoms with Crippen LogP contribution in [-0.2, 0) is 9.47 Å². The van der Waals surface area contributed by atoms with Gasteiger partial charge in [0.05, 0.1) is 6.54 Å². The summed E-state index contributed by atoms with van der Waals surface area (Å²) in [5.41, 5.74) is 1.22. The average Bonchev–Trinajstić information content (AvgIpc) is 2.40. The third-order valence-electron chi connectivity index (χ3n) is 2.80. The lowest BCUT2D eigenvalue weighted by Crippen LogP contribution is -2.35. The van der Waals surface area contributed by atoms with Gasteiger partial charge >= 0.3 is 0 Å². The predicted molar refractivity (Wildman–Crippen MR) is 71.4 cm³/mol. The fraction of sp³-hybridized carbons (Fsp3) is 0.571. The number of anilines is 1. The van der Waals surface area contributed by atoms with Gasteiger partial charge in [-0.15, -0.1) is 0 Å². The van der Waals surface area contributed by atoms with E-state index in [-0.39, 0.29) is 6.29 Å². The van der Waals surface area contributed by atoms with E-state index in [1.165, 1.54) is 18.5 Å². The summed E-state index contributed by atoms with van der Waals surface area (Å²) in [6.07, 6.45) is 2.19. The maximum atomic E-state index is 5.27. The smallest absolute Gasteiger partial charge is 0.174 e. The van der Waals surface area contributed by atoms with Gasteiger partial charge < -0.3 is 14.4 Å². The van der Waals surface area contributed by atoms with E-state index < -0.39 is 0 Å². The molecule has 0 aliphatic carbocycles. The number of hydrogen-bond acceptors (Lipinski definition) is 3. The molecule has 0 fully saturated rings. The molecule has 0 amide bonds. The van der Waals surface area contributed by atoms with Crippen molar-refractivity contribution in [1.29, 1.82) is 0 Å². The van der Waals surface area contributed by atoms with Gasteiger partial charge in [0, 0.05) is 26.5 Å². The molecule has 3 nitrogen and oxygen atoms in total. The molecule has 0 aromatic heterocycles. The first kappa shape index (κ1) is 14.0. The molecule has 96 valence electrons. The van der Waals surface area contributed by atoms with E-state index in [2.05, 4.69) is 36.1 Å². The molecule has 3 heteroatoms. The van der Waals surface area contributed by atoms with E-state index in [4.69, 9.17) is 9.47 Å². The Balaban J connectivity index is 2.66. The van der Waals surface area contributed by atoms with E-state index in [0.717, 1.165) is 13.1 Å². The van der Waals surface area contributed by atoms with Crippen LogP contribution < -0.4 is 4.90 Å². The highest BCUT2D eigenvalue weighted by Gasteiger charge is 2.12. The molecule has 0 radical (unpaired) electrons. The standard InChI is InChI=1S/C14H23NO2/c1-4-5-11-15(12-14(16-2)17-3)13-9-7-6-8-10-13/h6-10,14H,4-5,11-12H2,1-3H3. The first-order valence-corrected chi connectivity index (χ1v) is 6.17. The van der Waals surface area contributed by atoms with Crippen molar-refractivity contribution in [3.05, 3.63) is 30.3 Å². The molecule has 0 atom stereocenters. The van der Waals surface area contributed by atoms with Gasteiger partial charge in [0.25, 0.3) is 0 Å². The molecule has 0 aliphatic heterocycles. The van der Waals surface area contributed by atoms with Crippen LogP contribution in [0.15, 0.2) is 30.3 Å². The van der Waals surface area contributed by atoms with Gasteiger partial charge in [-0.1, -0.05) is 31.5 Å². The Morgan fingerprint density at radius 3 is 2.29 bits per heavy atom. The summed E-state index contributed by atoms with van der Waals surface area (Å²) >= 11 is 0. The zero-order valence-electron chi connectivity index (χ0n) is 11.1. The van der Waals surface area contributed by atoms with Gasteiger partial charge in [-0.25, -0.2) is 0 Å². The third-order valence-corrected chi connectivity index (χ3v) is 2.80. The van der Waals surface area contributed by atoms with E-state index in [1.54, 1.807) is 14.2 Å². The van der Waals surface area contributed by atoms with Gasteiger partial charge in [0.1, 0.15) is 0 Å². The first-order chi connectivity index (χ1) is 8.31. The number of methoxy groups -OCH3 is 2. The second kappa shape index (κ2) is 8.09. The van der Waals surface area contributed by atoms with Crippen LogP contribution in [0.4, 0.5) is 5.69 Å². The third kappa shape index (κ3) is 4.75. The van der Waals surface area contributed by atoms with Crippen molar-refractivity contribution >= 4 is 5.69 Å². The normalized spacial score (nSPS) is 10.8. The molecule has 17 heavy (non-hydrogen) atoms. The topological polar surface area (TPSA) is 21.7 Å². The quantitative estimate of drug-likeness (QED) is 0.649. The van der Waals surface area contributed by atoms with Crippen LogP contribution in [0.25, 0.3) is 0 Å². The van der Waals surface area contributed by atoms with Gasteiger partial charge in [-0.2, -0.15) is 0 Å². The summed E-state index contributed by atoms with van der Waals surface area (Å²) in [4.78, 5) is 2.31. The van der Waals surface area contributed by atoms with Crippen LogP contribution in [0.3, 0.4) is 0 Å². The highest BCUT2D eigenvalue weighted by molar-refractivity contribution is 5.45. The summed E-state index contributed by atoms with van der Waals surface area (Å²) in [6.45, 7) is 3.99. The Kier molecular flexibility index (Phi) is 6.67. The molecule has 1 aromatic rings.